The van der Waals surface area contributed by atoms with E-state index >= 15 is 0 Å². The lowest BCUT2D eigenvalue weighted by Gasteiger charge is -2.17. The molecule has 16 heavy (non-hydrogen) atoms. The van der Waals surface area contributed by atoms with E-state index in [-0.39, 0.29) is 17.5 Å². The minimum absolute atomic E-state index is 0.0608. The maximum Gasteiger partial charge on any atom is 0.270 e. The summed E-state index contributed by atoms with van der Waals surface area (Å²) < 4.78 is 1.62. The Kier molecular flexibility index (Phi) is 4.27. The first-order chi connectivity index (χ1) is 7.43. The lowest BCUT2D eigenvalue weighted by Crippen LogP contribution is -2.29. The SMILES string of the molecule is CC(C)CC(C)n1nccc(C(C)C)c1=O. The Morgan fingerprint density at radius 1 is 1.25 bits per heavy atom. The fourth-order valence-electron chi connectivity index (χ4n) is 1.98. The van der Waals surface area contributed by atoms with Gasteiger partial charge in [0, 0.05) is 11.8 Å². The van der Waals surface area contributed by atoms with Gasteiger partial charge in [0.2, 0.25) is 0 Å². The number of rotatable bonds is 4. The van der Waals surface area contributed by atoms with Gasteiger partial charge in [0.05, 0.1) is 6.04 Å². The smallest absolute Gasteiger partial charge is 0.267 e. The van der Waals surface area contributed by atoms with Crippen molar-refractivity contribution >= 4 is 0 Å². The average molecular weight is 222 g/mol. The van der Waals surface area contributed by atoms with E-state index in [0.29, 0.717) is 5.92 Å². The average Bonchev–Trinajstić information content (AvgIpc) is 2.16. The standard InChI is InChI=1S/C13H22N2O/c1-9(2)8-11(5)15-13(16)12(10(3)4)6-7-14-15/h6-7,9-11H,8H2,1-5H3. The molecule has 1 rings (SSSR count). The number of aromatic nitrogens is 2. The van der Waals surface area contributed by atoms with Crippen LogP contribution >= 0.6 is 0 Å². The van der Waals surface area contributed by atoms with Crippen molar-refractivity contribution in [3.63, 3.8) is 0 Å². The molecular weight excluding hydrogens is 200 g/mol. The van der Waals surface area contributed by atoms with E-state index in [0.717, 1.165) is 12.0 Å². The molecule has 3 heteroatoms. The highest BCUT2D eigenvalue weighted by Crippen LogP contribution is 2.15. The summed E-state index contributed by atoms with van der Waals surface area (Å²) in [6.45, 7) is 10.4. The Morgan fingerprint density at radius 2 is 1.88 bits per heavy atom. The summed E-state index contributed by atoms with van der Waals surface area (Å²) in [7, 11) is 0. The monoisotopic (exact) mass is 222 g/mol. The van der Waals surface area contributed by atoms with Crippen molar-refractivity contribution < 1.29 is 0 Å². The van der Waals surface area contributed by atoms with Crippen molar-refractivity contribution in [1.82, 2.24) is 9.78 Å². The van der Waals surface area contributed by atoms with E-state index in [1.54, 1.807) is 10.9 Å². The first-order valence-electron chi connectivity index (χ1n) is 6.01. The Balaban J connectivity index is 3.06. The summed E-state index contributed by atoms with van der Waals surface area (Å²) >= 11 is 0. The normalized spacial score (nSPS) is 13.4. The molecule has 1 atom stereocenters. The van der Waals surface area contributed by atoms with Gasteiger partial charge in [-0.2, -0.15) is 5.10 Å². The predicted octanol–water partition coefficient (Wildman–Crippen LogP) is 2.97. The van der Waals surface area contributed by atoms with Gasteiger partial charge in [-0.25, -0.2) is 4.68 Å². The van der Waals surface area contributed by atoms with Gasteiger partial charge in [-0.05, 0) is 31.2 Å². The van der Waals surface area contributed by atoms with Gasteiger partial charge in [0.15, 0.2) is 0 Å². The summed E-state index contributed by atoms with van der Waals surface area (Å²) in [5, 5.41) is 4.18. The van der Waals surface area contributed by atoms with Gasteiger partial charge in [0.1, 0.15) is 0 Å². The van der Waals surface area contributed by atoms with E-state index < -0.39 is 0 Å². The lowest BCUT2D eigenvalue weighted by atomic mass is 10.0. The molecule has 90 valence electrons. The van der Waals surface area contributed by atoms with Crippen LogP contribution in [0.5, 0.6) is 0 Å². The fourth-order valence-corrected chi connectivity index (χ4v) is 1.98. The van der Waals surface area contributed by atoms with Gasteiger partial charge < -0.3 is 0 Å². The molecule has 0 saturated heterocycles. The van der Waals surface area contributed by atoms with Gasteiger partial charge in [-0.1, -0.05) is 27.7 Å². The van der Waals surface area contributed by atoms with E-state index in [1.807, 2.05) is 19.9 Å². The molecule has 1 aromatic rings. The summed E-state index contributed by atoms with van der Waals surface area (Å²) in [6.07, 6.45) is 2.71. The van der Waals surface area contributed by atoms with Crippen molar-refractivity contribution in [3.8, 4) is 0 Å². The zero-order chi connectivity index (χ0) is 12.3. The van der Waals surface area contributed by atoms with Gasteiger partial charge in [-0.3, -0.25) is 4.79 Å². The minimum Gasteiger partial charge on any atom is -0.267 e. The molecule has 3 nitrogen and oxygen atoms in total. The molecule has 0 radical (unpaired) electrons. The third-order valence-electron chi connectivity index (χ3n) is 2.75. The number of hydrogen-bond acceptors (Lipinski definition) is 2. The molecule has 0 aliphatic rings. The topological polar surface area (TPSA) is 34.9 Å². The van der Waals surface area contributed by atoms with E-state index in [9.17, 15) is 4.79 Å². The number of nitrogens with zero attached hydrogens (tertiary/aromatic N) is 2. The highest BCUT2D eigenvalue weighted by molar-refractivity contribution is 5.11. The molecule has 0 N–H and O–H groups in total. The van der Waals surface area contributed by atoms with Crippen LogP contribution in [0.15, 0.2) is 17.1 Å². The molecule has 1 aromatic heterocycles. The predicted molar refractivity (Wildman–Crippen MR) is 66.8 cm³/mol. The summed E-state index contributed by atoms with van der Waals surface area (Å²) in [5.41, 5.74) is 0.913. The maximum atomic E-state index is 12.1. The van der Waals surface area contributed by atoms with Crippen LogP contribution in [-0.2, 0) is 0 Å². The summed E-state index contributed by atoms with van der Waals surface area (Å²) in [4.78, 5) is 12.1. The second kappa shape index (κ2) is 5.28. The van der Waals surface area contributed by atoms with Gasteiger partial charge in [0.25, 0.3) is 5.56 Å². The van der Waals surface area contributed by atoms with Crippen LogP contribution in [0, 0.1) is 5.92 Å². The van der Waals surface area contributed by atoms with E-state index in [1.165, 1.54) is 0 Å². The molecule has 0 aromatic carbocycles. The van der Waals surface area contributed by atoms with Crippen LogP contribution in [0.2, 0.25) is 0 Å². The van der Waals surface area contributed by atoms with Crippen molar-refractivity contribution in [2.24, 2.45) is 5.92 Å². The van der Waals surface area contributed by atoms with Crippen LogP contribution in [0.1, 0.15) is 58.6 Å². The molecule has 0 amide bonds. The third-order valence-corrected chi connectivity index (χ3v) is 2.75. The van der Waals surface area contributed by atoms with E-state index in [2.05, 4.69) is 25.9 Å². The van der Waals surface area contributed by atoms with E-state index in [4.69, 9.17) is 0 Å². The molecule has 0 aliphatic carbocycles. The number of hydrogen-bond donors (Lipinski definition) is 0. The van der Waals surface area contributed by atoms with Crippen molar-refractivity contribution in [2.75, 3.05) is 0 Å². The van der Waals surface area contributed by atoms with Crippen LogP contribution in [0.4, 0.5) is 0 Å². The van der Waals surface area contributed by atoms with Gasteiger partial charge >= 0.3 is 0 Å². The zero-order valence-corrected chi connectivity index (χ0v) is 10.9. The second-order valence-corrected chi connectivity index (χ2v) is 5.17. The Labute approximate surface area is 97.5 Å². The van der Waals surface area contributed by atoms with Crippen LogP contribution in [-0.4, -0.2) is 9.78 Å². The zero-order valence-electron chi connectivity index (χ0n) is 10.9. The summed E-state index contributed by atoms with van der Waals surface area (Å²) in [6, 6.07) is 2.00. The molecule has 0 fully saturated rings. The highest BCUT2D eigenvalue weighted by atomic mass is 16.1. The van der Waals surface area contributed by atoms with Crippen molar-refractivity contribution in [1.29, 1.82) is 0 Å². The third kappa shape index (κ3) is 2.94. The Bertz CT molecular complexity index is 393. The minimum atomic E-state index is 0.0608. The molecule has 1 unspecified atom stereocenters. The molecule has 0 aliphatic heterocycles. The molecule has 0 spiro atoms. The first-order valence-corrected chi connectivity index (χ1v) is 6.01. The molecule has 0 saturated carbocycles. The maximum absolute atomic E-state index is 12.1. The largest absolute Gasteiger partial charge is 0.270 e. The fraction of sp³-hybridized carbons (Fsp3) is 0.692. The first kappa shape index (κ1) is 12.9. The van der Waals surface area contributed by atoms with Crippen LogP contribution in [0.25, 0.3) is 0 Å². The molecule has 1 heterocycles. The Hall–Kier alpha value is -1.12. The Morgan fingerprint density at radius 3 is 2.38 bits per heavy atom. The van der Waals surface area contributed by atoms with Crippen LogP contribution < -0.4 is 5.56 Å². The van der Waals surface area contributed by atoms with Gasteiger partial charge in [-0.15, -0.1) is 0 Å². The van der Waals surface area contributed by atoms with Crippen molar-refractivity contribution in [2.45, 2.75) is 53.0 Å². The quantitative estimate of drug-likeness (QED) is 0.785. The summed E-state index contributed by atoms with van der Waals surface area (Å²) in [5.74, 6) is 0.833. The molecular formula is C13H22N2O. The van der Waals surface area contributed by atoms with Crippen LogP contribution in [0.3, 0.4) is 0 Å². The molecule has 0 bridgehead atoms. The lowest BCUT2D eigenvalue weighted by molar-refractivity contribution is 0.381. The highest BCUT2D eigenvalue weighted by Gasteiger charge is 2.13. The second-order valence-electron chi connectivity index (χ2n) is 5.17. The van der Waals surface area contributed by atoms with Crippen molar-refractivity contribution in [3.05, 3.63) is 28.2 Å².